The Hall–Kier alpha value is -1.04. The zero-order valence-electron chi connectivity index (χ0n) is 9.62. The van der Waals surface area contributed by atoms with Crippen LogP contribution >= 0.6 is 0 Å². The molecule has 1 aromatic carbocycles. The minimum Gasteiger partial charge on any atom is -0.0814 e. The van der Waals surface area contributed by atoms with E-state index in [0.717, 1.165) is 0 Å². The maximum atomic E-state index is 2.23. The number of rotatable bonds is 3. The van der Waals surface area contributed by atoms with Crippen LogP contribution in [0.25, 0.3) is 6.08 Å². The zero-order chi connectivity index (χ0) is 10.6. The summed E-state index contributed by atoms with van der Waals surface area (Å²) in [5.41, 5.74) is 2.70. The maximum Gasteiger partial charge on any atom is -0.0219 e. The van der Waals surface area contributed by atoms with E-state index in [0.29, 0.717) is 11.8 Å². The number of hydrogen-bond acceptors (Lipinski definition) is 0. The first kappa shape index (κ1) is 11.0. The predicted octanol–water partition coefficient (Wildman–Crippen LogP) is 4.48. The summed E-state index contributed by atoms with van der Waals surface area (Å²) in [4.78, 5) is 0. The molecule has 0 amide bonds. The predicted molar refractivity (Wildman–Crippen MR) is 64.4 cm³/mol. The van der Waals surface area contributed by atoms with Gasteiger partial charge >= 0.3 is 0 Å². The molecule has 14 heavy (non-hydrogen) atoms. The van der Waals surface area contributed by atoms with Crippen molar-refractivity contribution >= 4 is 6.08 Å². The van der Waals surface area contributed by atoms with E-state index in [9.17, 15) is 0 Å². The molecule has 0 aliphatic rings. The van der Waals surface area contributed by atoms with Crippen LogP contribution in [0, 0.1) is 5.92 Å². The van der Waals surface area contributed by atoms with Gasteiger partial charge in [-0.3, -0.25) is 0 Å². The fourth-order valence-electron chi connectivity index (χ4n) is 1.30. The minimum absolute atomic E-state index is 0.623. The van der Waals surface area contributed by atoms with Crippen molar-refractivity contribution in [1.29, 1.82) is 0 Å². The summed E-state index contributed by atoms with van der Waals surface area (Å²) in [7, 11) is 0. The summed E-state index contributed by atoms with van der Waals surface area (Å²) in [6.45, 7) is 8.83. The van der Waals surface area contributed by atoms with Gasteiger partial charge < -0.3 is 0 Å². The van der Waals surface area contributed by atoms with E-state index in [-0.39, 0.29) is 0 Å². The lowest BCUT2D eigenvalue weighted by atomic mass is 10.0. The molecule has 76 valence electrons. The molecule has 0 aliphatic heterocycles. The van der Waals surface area contributed by atoms with Crippen LogP contribution in [0.1, 0.15) is 44.7 Å². The van der Waals surface area contributed by atoms with Crippen molar-refractivity contribution in [1.82, 2.24) is 0 Å². The molecular formula is C14H20. The molecule has 0 aromatic heterocycles. The monoisotopic (exact) mass is 188 g/mol. The van der Waals surface area contributed by atoms with Gasteiger partial charge in [-0.2, -0.15) is 0 Å². The van der Waals surface area contributed by atoms with Crippen molar-refractivity contribution in [3.05, 3.63) is 41.5 Å². The Balaban J connectivity index is 2.73. The molecule has 0 bridgehead atoms. The Bertz CT molecular complexity index is 288. The van der Waals surface area contributed by atoms with Gasteiger partial charge in [-0.25, -0.2) is 0 Å². The summed E-state index contributed by atoms with van der Waals surface area (Å²) in [6, 6.07) is 8.80. The lowest BCUT2D eigenvalue weighted by Crippen LogP contribution is -1.86. The average molecular weight is 188 g/mol. The normalized spacial score (nSPS) is 11.9. The molecule has 0 saturated heterocycles. The number of hydrogen-bond donors (Lipinski definition) is 0. The topological polar surface area (TPSA) is 0 Å². The molecule has 0 heteroatoms. The second-order valence-electron chi connectivity index (χ2n) is 4.42. The molecule has 0 saturated carbocycles. The molecule has 0 N–H and O–H groups in total. The lowest BCUT2D eigenvalue weighted by molar-refractivity contribution is 0.836. The van der Waals surface area contributed by atoms with Crippen LogP contribution in [0.2, 0.25) is 0 Å². The van der Waals surface area contributed by atoms with Gasteiger partial charge in [0.2, 0.25) is 0 Å². The van der Waals surface area contributed by atoms with Crippen LogP contribution in [0.4, 0.5) is 0 Å². The smallest absolute Gasteiger partial charge is 0.0219 e. The fourth-order valence-corrected chi connectivity index (χ4v) is 1.30. The fraction of sp³-hybridized carbons (Fsp3) is 0.429. The molecule has 0 fully saturated rings. The second kappa shape index (κ2) is 4.99. The molecule has 0 atom stereocenters. The highest BCUT2D eigenvalue weighted by molar-refractivity contribution is 5.50. The van der Waals surface area contributed by atoms with Crippen LogP contribution in [0.15, 0.2) is 30.3 Å². The van der Waals surface area contributed by atoms with Gasteiger partial charge in [0.05, 0.1) is 0 Å². The molecule has 0 nitrogen and oxygen atoms in total. The maximum absolute atomic E-state index is 2.23. The van der Waals surface area contributed by atoms with E-state index in [1.807, 2.05) is 0 Å². The average Bonchev–Trinajstić information content (AvgIpc) is 2.15. The van der Waals surface area contributed by atoms with Gasteiger partial charge in [-0.15, -0.1) is 0 Å². The summed E-state index contributed by atoms with van der Waals surface area (Å²) < 4.78 is 0. The van der Waals surface area contributed by atoms with E-state index in [1.165, 1.54) is 11.1 Å². The van der Waals surface area contributed by atoms with Crippen molar-refractivity contribution in [2.75, 3.05) is 0 Å². The summed E-state index contributed by atoms with van der Waals surface area (Å²) in [5.74, 6) is 1.25. The first-order valence-electron chi connectivity index (χ1n) is 5.37. The first-order valence-corrected chi connectivity index (χ1v) is 5.37. The Labute approximate surface area is 87.7 Å². The molecule has 0 unspecified atom stereocenters. The van der Waals surface area contributed by atoms with Gasteiger partial charge in [0.15, 0.2) is 0 Å². The Morgan fingerprint density at radius 1 is 0.929 bits per heavy atom. The summed E-state index contributed by atoms with van der Waals surface area (Å²) >= 11 is 0. The van der Waals surface area contributed by atoms with Gasteiger partial charge in [0.25, 0.3) is 0 Å². The van der Waals surface area contributed by atoms with Crippen molar-refractivity contribution in [3.63, 3.8) is 0 Å². The Morgan fingerprint density at radius 2 is 1.50 bits per heavy atom. The van der Waals surface area contributed by atoms with E-state index >= 15 is 0 Å². The molecule has 0 spiro atoms. The molecule has 0 aliphatic carbocycles. The van der Waals surface area contributed by atoms with Crippen LogP contribution in [-0.4, -0.2) is 0 Å². The van der Waals surface area contributed by atoms with Crippen LogP contribution < -0.4 is 0 Å². The van der Waals surface area contributed by atoms with Crippen molar-refractivity contribution < 1.29 is 0 Å². The van der Waals surface area contributed by atoms with Gasteiger partial charge in [0, 0.05) is 0 Å². The summed E-state index contributed by atoms with van der Waals surface area (Å²) in [6.07, 6.45) is 4.42. The highest BCUT2D eigenvalue weighted by atomic mass is 14.0. The number of benzene rings is 1. The minimum atomic E-state index is 0.623. The van der Waals surface area contributed by atoms with Crippen LogP contribution in [0.5, 0.6) is 0 Å². The van der Waals surface area contributed by atoms with Crippen LogP contribution in [0.3, 0.4) is 0 Å². The van der Waals surface area contributed by atoms with Crippen LogP contribution in [-0.2, 0) is 0 Å². The van der Waals surface area contributed by atoms with Crippen molar-refractivity contribution in [2.45, 2.75) is 33.6 Å². The highest BCUT2D eigenvalue weighted by Crippen LogP contribution is 2.15. The summed E-state index contributed by atoms with van der Waals surface area (Å²) in [5, 5.41) is 0. The third-order valence-corrected chi connectivity index (χ3v) is 2.28. The third kappa shape index (κ3) is 3.37. The molecule has 1 aromatic rings. The SMILES string of the molecule is CC(C)/C=C/c1ccc(C(C)C)cc1. The molecule has 0 radical (unpaired) electrons. The largest absolute Gasteiger partial charge is 0.0814 e. The van der Waals surface area contributed by atoms with Gasteiger partial charge in [-0.1, -0.05) is 64.1 Å². The standard InChI is InChI=1S/C14H20/c1-11(2)5-6-13-7-9-14(10-8-13)12(3)4/h5-12H,1-4H3/b6-5+. The van der Waals surface area contributed by atoms with Gasteiger partial charge in [0.1, 0.15) is 0 Å². The molecular weight excluding hydrogens is 168 g/mol. The first-order chi connectivity index (χ1) is 6.59. The Kier molecular flexibility index (Phi) is 3.94. The quantitative estimate of drug-likeness (QED) is 0.656. The Morgan fingerprint density at radius 3 is 1.93 bits per heavy atom. The van der Waals surface area contributed by atoms with E-state index in [2.05, 4.69) is 64.1 Å². The molecule has 1 rings (SSSR count). The van der Waals surface area contributed by atoms with Crippen molar-refractivity contribution in [2.24, 2.45) is 5.92 Å². The van der Waals surface area contributed by atoms with E-state index in [4.69, 9.17) is 0 Å². The van der Waals surface area contributed by atoms with E-state index in [1.54, 1.807) is 0 Å². The number of allylic oxidation sites excluding steroid dienone is 1. The van der Waals surface area contributed by atoms with Crippen molar-refractivity contribution in [3.8, 4) is 0 Å². The third-order valence-electron chi connectivity index (χ3n) is 2.28. The van der Waals surface area contributed by atoms with E-state index < -0.39 is 0 Å². The zero-order valence-corrected chi connectivity index (χ0v) is 9.62. The van der Waals surface area contributed by atoms with Gasteiger partial charge in [-0.05, 0) is 23.0 Å². The lowest BCUT2D eigenvalue weighted by Gasteiger charge is -2.04. The molecule has 0 heterocycles. The second-order valence-corrected chi connectivity index (χ2v) is 4.42. The highest BCUT2D eigenvalue weighted by Gasteiger charge is 1.96.